The van der Waals surface area contributed by atoms with E-state index in [2.05, 4.69) is 10.6 Å². The molecule has 23 heavy (non-hydrogen) atoms. The second-order valence-corrected chi connectivity index (χ2v) is 5.97. The summed E-state index contributed by atoms with van der Waals surface area (Å²) < 4.78 is 6.33. The van der Waals surface area contributed by atoms with Gasteiger partial charge in [0, 0.05) is 13.2 Å². The summed E-state index contributed by atoms with van der Waals surface area (Å²) in [7, 11) is 1.60. The Hall–Kier alpha value is -2.31. The van der Waals surface area contributed by atoms with Gasteiger partial charge in [-0.25, -0.2) is 4.79 Å². The van der Waals surface area contributed by atoms with Crippen molar-refractivity contribution in [1.82, 2.24) is 9.88 Å². The molecular formula is C16H25N3O4. The quantitative estimate of drug-likeness (QED) is 0.782. The molecule has 1 rings (SSSR count). The number of aromatic nitrogens is 1. The zero-order valence-corrected chi connectivity index (χ0v) is 14.3. The number of pyridine rings is 1. The van der Waals surface area contributed by atoms with Gasteiger partial charge in [-0.2, -0.15) is 0 Å². The SMILES string of the molecule is CCOC(=O)C[C@](C)(NC(=O)Nc1cccn(C)c1=O)C(C)C. The van der Waals surface area contributed by atoms with Crippen molar-refractivity contribution < 1.29 is 14.3 Å². The van der Waals surface area contributed by atoms with E-state index >= 15 is 0 Å². The first-order valence-electron chi connectivity index (χ1n) is 7.60. The van der Waals surface area contributed by atoms with E-state index in [0.717, 1.165) is 0 Å². The van der Waals surface area contributed by atoms with E-state index in [1.54, 1.807) is 33.2 Å². The highest BCUT2D eigenvalue weighted by atomic mass is 16.5. The average Bonchev–Trinajstić information content (AvgIpc) is 2.43. The highest BCUT2D eigenvalue weighted by molar-refractivity contribution is 5.90. The highest BCUT2D eigenvalue weighted by Crippen LogP contribution is 2.21. The summed E-state index contributed by atoms with van der Waals surface area (Å²) in [6, 6.07) is 2.66. The third-order valence-electron chi connectivity index (χ3n) is 3.86. The third kappa shape index (κ3) is 5.12. The van der Waals surface area contributed by atoms with E-state index in [1.165, 1.54) is 10.6 Å². The molecule has 0 aliphatic rings. The maximum absolute atomic E-state index is 12.2. The average molecular weight is 323 g/mol. The number of anilines is 1. The third-order valence-corrected chi connectivity index (χ3v) is 3.86. The molecule has 1 atom stereocenters. The number of esters is 1. The Bertz CT molecular complexity index is 624. The lowest BCUT2D eigenvalue weighted by Gasteiger charge is -2.33. The van der Waals surface area contributed by atoms with Gasteiger partial charge < -0.3 is 19.9 Å². The summed E-state index contributed by atoms with van der Waals surface area (Å²) in [4.78, 5) is 35.9. The number of rotatable bonds is 6. The summed E-state index contributed by atoms with van der Waals surface area (Å²) in [5.41, 5.74) is -0.912. The molecule has 0 fully saturated rings. The van der Waals surface area contributed by atoms with Gasteiger partial charge in [0.05, 0.1) is 18.6 Å². The molecule has 2 amide bonds. The standard InChI is InChI=1S/C16H25N3O4/c1-6-23-13(20)10-16(4,11(2)3)18-15(22)17-12-8-7-9-19(5)14(12)21/h7-9,11H,6,10H2,1-5H3,(H2,17,18,22)/t16-/m0/s1. The van der Waals surface area contributed by atoms with Gasteiger partial charge in [0.15, 0.2) is 0 Å². The molecule has 0 spiro atoms. The molecule has 1 aromatic rings. The van der Waals surface area contributed by atoms with Crippen LogP contribution >= 0.6 is 0 Å². The van der Waals surface area contributed by atoms with Crippen molar-refractivity contribution in [2.45, 2.75) is 39.7 Å². The minimum absolute atomic E-state index is 0.00346. The van der Waals surface area contributed by atoms with E-state index in [9.17, 15) is 14.4 Å². The zero-order valence-electron chi connectivity index (χ0n) is 14.3. The fraction of sp³-hybridized carbons (Fsp3) is 0.562. The Morgan fingerprint density at radius 1 is 1.39 bits per heavy atom. The predicted molar refractivity (Wildman–Crippen MR) is 88.3 cm³/mol. The van der Waals surface area contributed by atoms with Crippen LogP contribution in [-0.2, 0) is 16.6 Å². The lowest BCUT2D eigenvalue weighted by atomic mass is 9.85. The zero-order chi connectivity index (χ0) is 17.6. The first-order valence-corrected chi connectivity index (χ1v) is 7.60. The van der Waals surface area contributed by atoms with Gasteiger partial charge in [-0.15, -0.1) is 0 Å². The molecule has 0 aliphatic carbocycles. The fourth-order valence-corrected chi connectivity index (χ4v) is 2.01. The van der Waals surface area contributed by atoms with Crippen molar-refractivity contribution in [2.24, 2.45) is 13.0 Å². The smallest absolute Gasteiger partial charge is 0.319 e. The minimum Gasteiger partial charge on any atom is -0.466 e. The van der Waals surface area contributed by atoms with Crippen LogP contribution in [0.25, 0.3) is 0 Å². The summed E-state index contributed by atoms with van der Waals surface area (Å²) in [5.74, 6) is -0.379. The van der Waals surface area contributed by atoms with Gasteiger partial charge >= 0.3 is 12.0 Å². The molecule has 7 nitrogen and oxygen atoms in total. The number of carbonyl (C=O) groups is 2. The maximum Gasteiger partial charge on any atom is 0.319 e. The van der Waals surface area contributed by atoms with Crippen LogP contribution in [0.5, 0.6) is 0 Å². The van der Waals surface area contributed by atoms with E-state index in [4.69, 9.17) is 4.74 Å². The van der Waals surface area contributed by atoms with Crippen LogP contribution in [0.3, 0.4) is 0 Å². The molecule has 128 valence electrons. The van der Waals surface area contributed by atoms with Gasteiger partial charge in [-0.3, -0.25) is 9.59 Å². The van der Waals surface area contributed by atoms with Crippen molar-refractivity contribution in [3.05, 3.63) is 28.7 Å². The lowest BCUT2D eigenvalue weighted by Crippen LogP contribution is -2.53. The van der Waals surface area contributed by atoms with Crippen molar-refractivity contribution in [1.29, 1.82) is 0 Å². The summed E-state index contributed by atoms with van der Waals surface area (Å²) in [6.07, 6.45) is 1.66. The van der Waals surface area contributed by atoms with Gasteiger partial charge in [-0.1, -0.05) is 13.8 Å². The van der Waals surface area contributed by atoms with Gasteiger partial charge in [0.2, 0.25) is 0 Å². The Morgan fingerprint density at radius 2 is 2.04 bits per heavy atom. The van der Waals surface area contributed by atoms with Crippen LogP contribution < -0.4 is 16.2 Å². The molecule has 0 aromatic carbocycles. The molecular weight excluding hydrogens is 298 g/mol. The number of nitrogens with one attached hydrogen (secondary N) is 2. The Morgan fingerprint density at radius 3 is 2.61 bits per heavy atom. The Balaban J connectivity index is 2.84. The van der Waals surface area contributed by atoms with Crippen molar-refractivity contribution >= 4 is 17.7 Å². The van der Waals surface area contributed by atoms with Crippen LogP contribution in [0.2, 0.25) is 0 Å². The number of carbonyl (C=O) groups excluding carboxylic acids is 2. The number of amides is 2. The summed E-state index contributed by atoms with van der Waals surface area (Å²) in [6.45, 7) is 7.61. The number of aryl methyl sites for hydroxylation is 1. The van der Waals surface area contributed by atoms with Gasteiger partial charge in [-0.05, 0) is 31.9 Å². The van der Waals surface area contributed by atoms with E-state index in [0.29, 0.717) is 6.61 Å². The van der Waals surface area contributed by atoms with Gasteiger partial charge in [0.1, 0.15) is 5.69 Å². The molecule has 0 aliphatic heterocycles. The lowest BCUT2D eigenvalue weighted by molar-refractivity contribution is -0.145. The minimum atomic E-state index is -0.781. The molecule has 0 bridgehead atoms. The topological polar surface area (TPSA) is 89.4 Å². The molecule has 1 heterocycles. The van der Waals surface area contributed by atoms with Crippen LogP contribution in [-0.4, -0.2) is 28.7 Å². The maximum atomic E-state index is 12.2. The first-order chi connectivity index (χ1) is 10.7. The summed E-state index contributed by atoms with van der Waals surface area (Å²) in [5, 5.41) is 5.31. The number of hydrogen-bond donors (Lipinski definition) is 2. The molecule has 7 heteroatoms. The van der Waals surface area contributed by atoms with Crippen LogP contribution in [0.15, 0.2) is 23.1 Å². The number of hydrogen-bond acceptors (Lipinski definition) is 4. The molecule has 0 radical (unpaired) electrons. The largest absolute Gasteiger partial charge is 0.466 e. The van der Waals surface area contributed by atoms with Gasteiger partial charge in [0.25, 0.3) is 5.56 Å². The second-order valence-electron chi connectivity index (χ2n) is 5.97. The summed E-state index contributed by atoms with van der Waals surface area (Å²) >= 11 is 0. The number of nitrogens with zero attached hydrogens (tertiary/aromatic N) is 1. The first kappa shape index (κ1) is 18.7. The van der Waals surface area contributed by atoms with E-state index in [-0.39, 0.29) is 29.6 Å². The number of urea groups is 1. The Kier molecular flexibility index (Phi) is 6.36. The normalized spacial score (nSPS) is 13.3. The molecule has 1 aromatic heterocycles. The highest BCUT2D eigenvalue weighted by Gasteiger charge is 2.33. The molecule has 2 N–H and O–H groups in total. The predicted octanol–water partition coefficient (Wildman–Crippen LogP) is 1.87. The van der Waals surface area contributed by atoms with Crippen molar-refractivity contribution in [3.8, 4) is 0 Å². The van der Waals surface area contributed by atoms with E-state index < -0.39 is 11.6 Å². The van der Waals surface area contributed by atoms with Crippen molar-refractivity contribution in [3.63, 3.8) is 0 Å². The molecule has 0 unspecified atom stereocenters. The second kappa shape index (κ2) is 7.80. The monoisotopic (exact) mass is 323 g/mol. The van der Waals surface area contributed by atoms with Crippen LogP contribution in [0, 0.1) is 5.92 Å². The van der Waals surface area contributed by atoms with E-state index in [1.807, 2.05) is 13.8 Å². The van der Waals surface area contributed by atoms with Crippen LogP contribution in [0.4, 0.5) is 10.5 Å². The van der Waals surface area contributed by atoms with Crippen molar-refractivity contribution in [2.75, 3.05) is 11.9 Å². The fourth-order valence-electron chi connectivity index (χ4n) is 2.01. The molecule has 0 saturated carbocycles. The number of ether oxygens (including phenoxy) is 1. The van der Waals surface area contributed by atoms with Crippen LogP contribution in [0.1, 0.15) is 34.1 Å². The Labute approximate surface area is 136 Å². The molecule has 0 saturated heterocycles.